The highest BCUT2D eigenvalue weighted by molar-refractivity contribution is 5.06. The van der Waals surface area contributed by atoms with Crippen molar-refractivity contribution in [3.8, 4) is 0 Å². The van der Waals surface area contributed by atoms with Crippen molar-refractivity contribution in [3.05, 3.63) is 24.2 Å². The molecule has 3 heteroatoms. The minimum absolute atomic E-state index is 0.256. The van der Waals surface area contributed by atoms with E-state index in [2.05, 4.69) is 18.7 Å². The van der Waals surface area contributed by atoms with Gasteiger partial charge in [0.2, 0.25) is 0 Å². The Morgan fingerprint density at radius 2 is 2.18 bits per heavy atom. The lowest BCUT2D eigenvalue weighted by Crippen LogP contribution is -2.42. The van der Waals surface area contributed by atoms with Crippen LogP contribution in [0.4, 0.5) is 0 Å². The highest BCUT2D eigenvalue weighted by atomic mass is 16.3. The highest BCUT2D eigenvalue weighted by Gasteiger charge is 2.32. The van der Waals surface area contributed by atoms with Gasteiger partial charge in [-0.25, -0.2) is 0 Å². The van der Waals surface area contributed by atoms with E-state index in [-0.39, 0.29) is 6.04 Å². The van der Waals surface area contributed by atoms with Gasteiger partial charge in [-0.1, -0.05) is 20.3 Å². The highest BCUT2D eigenvalue weighted by Crippen LogP contribution is 2.36. The Kier molecular flexibility index (Phi) is 3.89. The summed E-state index contributed by atoms with van der Waals surface area (Å²) in [5.74, 6) is 1.01. The Morgan fingerprint density at radius 1 is 1.47 bits per heavy atom. The van der Waals surface area contributed by atoms with Gasteiger partial charge in [0.15, 0.2) is 0 Å². The Hall–Kier alpha value is -0.800. The largest absolute Gasteiger partial charge is 0.468 e. The molecule has 0 aliphatic carbocycles. The first-order valence-electron chi connectivity index (χ1n) is 6.66. The van der Waals surface area contributed by atoms with Crippen molar-refractivity contribution in [3.63, 3.8) is 0 Å². The lowest BCUT2D eigenvalue weighted by atomic mass is 9.78. The van der Waals surface area contributed by atoms with Gasteiger partial charge in [0.25, 0.3) is 0 Å². The predicted molar refractivity (Wildman–Crippen MR) is 69.7 cm³/mol. The second-order valence-corrected chi connectivity index (χ2v) is 5.47. The predicted octanol–water partition coefficient (Wildman–Crippen LogP) is 2.79. The van der Waals surface area contributed by atoms with Gasteiger partial charge in [-0.15, -0.1) is 0 Å². The molecule has 1 fully saturated rings. The van der Waals surface area contributed by atoms with E-state index in [4.69, 9.17) is 10.2 Å². The fourth-order valence-electron chi connectivity index (χ4n) is 2.66. The quantitative estimate of drug-likeness (QED) is 0.874. The molecule has 96 valence electrons. The van der Waals surface area contributed by atoms with Crippen LogP contribution in [0.25, 0.3) is 0 Å². The maximum atomic E-state index is 5.89. The third-order valence-electron chi connectivity index (χ3n) is 4.39. The number of likely N-dealkylation sites (tertiary alicyclic amines) is 1. The van der Waals surface area contributed by atoms with Crippen LogP contribution in [0.15, 0.2) is 22.8 Å². The second kappa shape index (κ2) is 5.23. The van der Waals surface area contributed by atoms with Crippen molar-refractivity contribution in [2.24, 2.45) is 11.1 Å². The zero-order valence-electron chi connectivity index (χ0n) is 11.0. The molecular formula is C14H24N2O. The van der Waals surface area contributed by atoms with E-state index >= 15 is 0 Å². The van der Waals surface area contributed by atoms with E-state index in [1.165, 1.54) is 19.3 Å². The molecule has 1 atom stereocenters. The third kappa shape index (κ3) is 2.72. The van der Waals surface area contributed by atoms with E-state index in [0.717, 1.165) is 18.8 Å². The summed E-state index contributed by atoms with van der Waals surface area (Å²) >= 11 is 0. The minimum Gasteiger partial charge on any atom is -0.468 e. The average Bonchev–Trinajstić information content (AvgIpc) is 2.87. The SMILES string of the molecule is CCC1(C)CCN(C(CN)c2ccco2)CC1. The first-order chi connectivity index (χ1) is 8.18. The van der Waals surface area contributed by atoms with Crippen molar-refractivity contribution in [2.45, 2.75) is 39.2 Å². The molecule has 2 rings (SSSR count). The van der Waals surface area contributed by atoms with Crippen LogP contribution in [0, 0.1) is 5.41 Å². The average molecular weight is 236 g/mol. The second-order valence-electron chi connectivity index (χ2n) is 5.47. The fraction of sp³-hybridized carbons (Fsp3) is 0.714. The molecule has 17 heavy (non-hydrogen) atoms. The standard InChI is InChI=1S/C14H24N2O/c1-3-14(2)6-8-16(9-7-14)12(11-15)13-5-4-10-17-13/h4-5,10,12H,3,6-9,11,15H2,1-2H3. The number of nitrogens with zero attached hydrogens (tertiary/aromatic N) is 1. The zero-order valence-corrected chi connectivity index (χ0v) is 11.0. The van der Waals surface area contributed by atoms with Crippen molar-refractivity contribution in [1.82, 2.24) is 4.90 Å². The van der Waals surface area contributed by atoms with Gasteiger partial charge < -0.3 is 10.2 Å². The molecule has 1 aliphatic rings. The lowest BCUT2D eigenvalue weighted by molar-refractivity contribution is 0.0748. The van der Waals surface area contributed by atoms with Crippen molar-refractivity contribution in [2.75, 3.05) is 19.6 Å². The molecule has 2 N–H and O–H groups in total. The topological polar surface area (TPSA) is 42.4 Å². The molecule has 1 aliphatic heterocycles. The molecule has 3 nitrogen and oxygen atoms in total. The van der Waals surface area contributed by atoms with Crippen LogP contribution in [0.5, 0.6) is 0 Å². The number of rotatable bonds is 4. The van der Waals surface area contributed by atoms with Crippen LogP contribution in [0.2, 0.25) is 0 Å². The Balaban J connectivity index is 2.00. The van der Waals surface area contributed by atoms with Gasteiger partial charge in [0.1, 0.15) is 5.76 Å². The van der Waals surface area contributed by atoms with Crippen molar-refractivity contribution in [1.29, 1.82) is 0 Å². The number of hydrogen-bond acceptors (Lipinski definition) is 3. The summed E-state index contributed by atoms with van der Waals surface area (Å²) in [5.41, 5.74) is 6.42. The number of piperidine rings is 1. The zero-order chi connectivity index (χ0) is 12.3. The van der Waals surface area contributed by atoms with Gasteiger partial charge in [-0.3, -0.25) is 4.90 Å². The summed E-state index contributed by atoms with van der Waals surface area (Å²) in [4.78, 5) is 2.47. The summed E-state index contributed by atoms with van der Waals surface area (Å²) in [7, 11) is 0. The molecule has 0 radical (unpaired) electrons. The molecule has 2 heterocycles. The number of nitrogens with two attached hydrogens (primary N) is 1. The fourth-order valence-corrected chi connectivity index (χ4v) is 2.66. The van der Waals surface area contributed by atoms with Gasteiger partial charge in [-0.05, 0) is 43.5 Å². The van der Waals surface area contributed by atoms with E-state index in [0.29, 0.717) is 12.0 Å². The Morgan fingerprint density at radius 3 is 2.65 bits per heavy atom. The van der Waals surface area contributed by atoms with E-state index in [1.807, 2.05) is 12.1 Å². The molecule has 1 aromatic heterocycles. The third-order valence-corrected chi connectivity index (χ3v) is 4.39. The molecule has 1 unspecified atom stereocenters. The summed E-state index contributed by atoms with van der Waals surface area (Å²) in [6, 6.07) is 4.23. The molecule has 0 spiro atoms. The Bertz CT molecular complexity index is 326. The molecule has 1 saturated heterocycles. The maximum absolute atomic E-state index is 5.89. The first kappa shape index (κ1) is 12.7. The van der Waals surface area contributed by atoms with Gasteiger partial charge in [-0.2, -0.15) is 0 Å². The molecular weight excluding hydrogens is 212 g/mol. The van der Waals surface area contributed by atoms with Crippen LogP contribution in [0.3, 0.4) is 0 Å². The van der Waals surface area contributed by atoms with Crippen LogP contribution < -0.4 is 5.73 Å². The summed E-state index contributed by atoms with van der Waals surface area (Å²) in [5, 5.41) is 0. The van der Waals surface area contributed by atoms with E-state index < -0.39 is 0 Å². The van der Waals surface area contributed by atoms with Crippen LogP contribution in [-0.4, -0.2) is 24.5 Å². The summed E-state index contributed by atoms with van der Waals surface area (Å²) < 4.78 is 5.50. The molecule has 1 aromatic rings. The van der Waals surface area contributed by atoms with Crippen LogP contribution in [0.1, 0.15) is 44.9 Å². The smallest absolute Gasteiger partial charge is 0.122 e. The molecule has 0 aromatic carbocycles. The monoisotopic (exact) mass is 236 g/mol. The summed E-state index contributed by atoms with van der Waals surface area (Å²) in [6.07, 6.45) is 5.54. The van der Waals surface area contributed by atoms with Crippen LogP contribution in [-0.2, 0) is 0 Å². The molecule has 0 bridgehead atoms. The number of furan rings is 1. The van der Waals surface area contributed by atoms with Gasteiger partial charge in [0.05, 0.1) is 12.3 Å². The normalized spacial score (nSPS) is 22.5. The van der Waals surface area contributed by atoms with E-state index in [1.54, 1.807) is 6.26 Å². The lowest BCUT2D eigenvalue weighted by Gasteiger charge is -2.41. The van der Waals surface area contributed by atoms with Gasteiger partial charge in [0, 0.05) is 6.54 Å². The first-order valence-corrected chi connectivity index (χ1v) is 6.66. The number of hydrogen-bond donors (Lipinski definition) is 1. The van der Waals surface area contributed by atoms with Crippen molar-refractivity contribution >= 4 is 0 Å². The molecule has 0 amide bonds. The maximum Gasteiger partial charge on any atom is 0.122 e. The minimum atomic E-state index is 0.256. The van der Waals surface area contributed by atoms with E-state index in [9.17, 15) is 0 Å². The Labute approximate surface area is 104 Å². The van der Waals surface area contributed by atoms with Gasteiger partial charge >= 0.3 is 0 Å². The summed E-state index contributed by atoms with van der Waals surface area (Å²) in [6.45, 7) is 7.59. The molecule has 0 saturated carbocycles. The van der Waals surface area contributed by atoms with Crippen LogP contribution >= 0.6 is 0 Å². The van der Waals surface area contributed by atoms with Crippen molar-refractivity contribution < 1.29 is 4.42 Å².